The molecule has 0 heterocycles. The van der Waals surface area contributed by atoms with Gasteiger partial charge >= 0.3 is 6.09 Å². The van der Waals surface area contributed by atoms with Gasteiger partial charge in [-0.1, -0.05) is 0 Å². The molecule has 0 radical (unpaired) electrons. The maximum Gasteiger partial charge on any atom is 0.407 e. The summed E-state index contributed by atoms with van der Waals surface area (Å²) in [4.78, 5) is 21.6. The lowest BCUT2D eigenvalue weighted by atomic mass is 10.3. The number of hydrogen-bond acceptors (Lipinski definition) is 7. The lowest BCUT2D eigenvalue weighted by molar-refractivity contribution is -0.118. The van der Waals surface area contributed by atoms with Gasteiger partial charge in [-0.15, -0.1) is 0 Å². The van der Waals surface area contributed by atoms with Crippen molar-refractivity contribution in [2.24, 2.45) is 0 Å². The maximum absolute atomic E-state index is 10.9. The third kappa shape index (κ3) is 18.7. The van der Waals surface area contributed by atoms with Crippen LogP contribution in [0.3, 0.4) is 0 Å². The van der Waals surface area contributed by atoms with Crippen molar-refractivity contribution in [2.45, 2.75) is 20.3 Å². The fraction of sp³-hybridized carbons (Fsp3) is 0.867. The molecule has 0 aromatic heterocycles. The molecule has 0 saturated heterocycles. The number of ether oxygens (including phenoxy) is 5. The highest BCUT2D eigenvalue weighted by Crippen LogP contribution is 1.86. The van der Waals surface area contributed by atoms with Gasteiger partial charge in [-0.3, -0.25) is 4.79 Å². The number of amides is 1. The van der Waals surface area contributed by atoms with E-state index in [4.69, 9.17) is 23.7 Å². The largest absolute Gasteiger partial charge is 0.450 e. The van der Waals surface area contributed by atoms with Crippen LogP contribution in [0.1, 0.15) is 20.3 Å². The van der Waals surface area contributed by atoms with Gasteiger partial charge in [0.2, 0.25) is 0 Å². The molecule has 136 valence electrons. The van der Waals surface area contributed by atoms with Crippen molar-refractivity contribution >= 4 is 11.9 Å². The van der Waals surface area contributed by atoms with Crippen molar-refractivity contribution in [3.05, 3.63) is 0 Å². The van der Waals surface area contributed by atoms with Crippen molar-refractivity contribution in [1.29, 1.82) is 0 Å². The van der Waals surface area contributed by atoms with E-state index in [1.807, 2.05) is 0 Å². The standard InChI is InChI=1S/C15H29NO7/c1-3-23-15(18)16-5-7-20-9-11-22-13-12-21-10-8-19-6-4-14(2)17/h3-13H2,1-2H3,(H,16,18). The van der Waals surface area contributed by atoms with Crippen LogP contribution in [0.5, 0.6) is 0 Å². The van der Waals surface area contributed by atoms with Crippen molar-refractivity contribution in [3.63, 3.8) is 0 Å². The Hall–Kier alpha value is -1.22. The van der Waals surface area contributed by atoms with Crippen molar-refractivity contribution in [3.8, 4) is 0 Å². The van der Waals surface area contributed by atoms with Gasteiger partial charge < -0.3 is 29.0 Å². The molecule has 0 aromatic carbocycles. The molecule has 0 bridgehead atoms. The summed E-state index contributed by atoms with van der Waals surface area (Å²) in [5, 5.41) is 2.55. The molecule has 0 aromatic rings. The number of hydrogen-bond donors (Lipinski definition) is 1. The minimum absolute atomic E-state index is 0.123. The van der Waals surface area contributed by atoms with Crippen molar-refractivity contribution < 1.29 is 33.3 Å². The number of carbonyl (C=O) groups is 2. The predicted molar refractivity (Wildman–Crippen MR) is 83.6 cm³/mol. The minimum Gasteiger partial charge on any atom is -0.450 e. The zero-order valence-electron chi connectivity index (χ0n) is 14.1. The Morgan fingerprint density at radius 3 is 1.74 bits per heavy atom. The molecular weight excluding hydrogens is 306 g/mol. The summed E-state index contributed by atoms with van der Waals surface area (Å²) < 4.78 is 25.8. The molecule has 0 spiro atoms. The summed E-state index contributed by atoms with van der Waals surface area (Å²) in [6, 6.07) is 0. The second-order valence-corrected chi connectivity index (χ2v) is 4.55. The summed E-state index contributed by atoms with van der Waals surface area (Å²) in [7, 11) is 0. The average Bonchev–Trinajstić information content (AvgIpc) is 2.51. The number of ketones is 1. The SMILES string of the molecule is CCOC(=O)NCCOCCOCCOCCOCCC(C)=O. The lowest BCUT2D eigenvalue weighted by Crippen LogP contribution is -2.28. The summed E-state index contributed by atoms with van der Waals surface area (Å²) in [5.74, 6) is 0.123. The molecule has 0 aliphatic carbocycles. The quantitative estimate of drug-likeness (QED) is 0.417. The second-order valence-electron chi connectivity index (χ2n) is 4.55. The Morgan fingerprint density at radius 2 is 1.26 bits per heavy atom. The number of nitrogens with one attached hydrogen (secondary N) is 1. The van der Waals surface area contributed by atoms with E-state index in [9.17, 15) is 9.59 Å². The fourth-order valence-electron chi connectivity index (χ4n) is 1.39. The van der Waals surface area contributed by atoms with Crippen LogP contribution in [0.2, 0.25) is 0 Å². The Bertz CT molecular complexity index is 300. The first-order chi connectivity index (χ1) is 11.2. The zero-order chi connectivity index (χ0) is 17.2. The monoisotopic (exact) mass is 335 g/mol. The van der Waals surface area contributed by atoms with Crippen LogP contribution in [-0.2, 0) is 28.5 Å². The van der Waals surface area contributed by atoms with E-state index < -0.39 is 6.09 Å². The molecule has 0 rings (SSSR count). The summed E-state index contributed by atoms with van der Waals surface area (Å²) in [5.41, 5.74) is 0. The third-order valence-electron chi connectivity index (χ3n) is 2.51. The smallest absolute Gasteiger partial charge is 0.407 e. The number of Topliss-reactive ketones (excluding diaryl/α,β-unsaturated/α-hetero) is 1. The molecule has 0 aliphatic rings. The van der Waals surface area contributed by atoms with E-state index in [-0.39, 0.29) is 5.78 Å². The summed E-state index contributed by atoms with van der Waals surface area (Å²) in [6.45, 7) is 7.76. The zero-order valence-corrected chi connectivity index (χ0v) is 14.1. The molecule has 8 heteroatoms. The fourth-order valence-corrected chi connectivity index (χ4v) is 1.39. The first kappa shape index (κ1) is 21.8. The second kappa shape index (κ2) is 17.1. The van der Waals surface area contributed by atoms with Crippen LogP contribution in [0.4, 0.5) is 4.79 Å². The Morgan fingerprint density at radius 1 is 0.783 bits per heavy atom. The van der Waals surface area contributed by atoms with Gasteiger partial charge in [-0.2, -0.15) is 0 Å². The summed E-state index contributed by atoms with van der Waals surface area (Å²) >= 11 is 0. The molecule has 23 heavy (non-hydrogen) atoms. The van der Waals surface area contributed by atoms with Crippen molar-refractivity contribution in [2.75, 3.05) is 66.0 Å². The van der Waals surface area contributed by atoms with E-state index in [0.29, 0.717) is 72.4 Å². The minimum atomic E-state index is -0.435. The molecule has 0 atom stereocenters. The van der Waals surface area contributed by atoms with Gasteiger partial charge in [0, 0.05) is 13.0 Å². The normalized spacial score (nSPS) is 10.5. The van der Waals surface area contributed by atoms with E-state index in [1.54, 1.807) is 6.92 Å². The van der Waals surface area contributed by atoms with Crippen LogP contribution < -0.4 is 5.32 Å². The van der Waals surface area contributed by atoms with Crippen LogP contribution in [0.15, 0.2) is 0 Å². The highest BCUT2D eigenvalue weighted by molar-refractivity contribution is 5.75. The highest BCUT2D eigenvalue weighted by atomic mass is 16.6. The van der Waals surface area contributed by atoms with E-state index in [2.05, 4.69) is 5.32 Å². The highest BCUT2D eigenvalue weighted by Gasteiger charge is 1.98. The molecule has 0 unspecified atom stereocenters. The number of alkyl carbamates (subject to hydrolysis) is 1. The van der Waals surface area contributed by atoms with Gasteiger partial charge in [-0.25, -0.2) is 4.79 Å². The van der Waals surface area contributed by atoms with E-state index in [0.717, 1.165) is 0 Å². The first-order valence-electron chi connectivity index (χ1n) is 7.87. The molecule has 0 fully saturated rings. The molecule has 1 amide bonds. The lowest BCUT2D eigenvalue weighted by Gasteiger charge is -2.08. The van der Waals surface area contributed by atoms with E-state index in [1.165, 1.54) is 6.92 Å². The predicted octanol–water partition coefficient (Wildman–Crippen LogP) is 0.778. The van der Waals surface area contributed by atoms with Gasteiger partial charge in [-0.05, 0) is 13.8 Å². The molecule has 8 nitrogen and oxygen atoms in total. The van der Waals surface area contributed by atoms with Gasteiger partial charge in [0.05, 0.1) is 59.5 Å². The van der Waals surface area contributed by atoms with Crippen LogP contribution in [-0.4, -0.2) is 77.9 Å². The van der Waals surface area contributed by atoms with Crippen LogP contribution in [0, 0.1) is 0 Å². The van der Waals surface area contributed by atoms with Crippen LogP contribution >= 0.6 is 0 Å². The molecule has 1 N–H and O–H groups in total. The third-order valence-corrected chi connectivity index (χ3v) is 2.51. The maximum atomic E-state index is 10.9. The summed E-state index contributed by atoms with van der Waals surface area (Å²) in [6.07, 6.45) is 0.00748. The number of carbonyl (C=O) groups excluding carboxylic acids is 2. The van der Waals surface area contributed by atoms with Gasteiger partial charge in [0.15, 0.2) is 0 Å². The van der Waals surface area contributed by atoms with Crippen molar-refractivity contribution in [1.82, 2.24) is 5.32 Å². The Kier molecular flexibility index (Phi) is 16.2. The Labute approximate surface area is 137 Å². The van der Waals surface area contributed by atoms with Gasteiger partial charge in [0.1, 0.15) is 5.78 Å². The molecule has 0 aliphatic heterocycles. The number of rotatable bonds is 16. The van der Waals surface area contributed by atoms with Crippen LogP contribution in [0.25, 0.3) is 0 Å². The van der Waals surface area contributed by atoms with Gasteiger partial charge in [0.25, 0.3) is 0 Å². The topological polar surface area (TPSA) is 92.3 Å². The molecule has 0 saturated carbocycles. The van der Waals surface area contributed by atoms with E-state index >= 15 is 0 Å². The first-order valence-corrected chi connectivity index (χ1v) is 7.87. The Balaban J connectivity index is 3.05. The average molecular weight is 335 g/mol. The molecular formula is C15H29NO7.